The van der Waals surface area contributed by atoms with E-state index in [0.717, 1.165) is 10.6 Å². The normalized spacial score (nSPS) is 13.3. The molecule has 0 radical (unpaired) electrons. The van der Waals surface area contributed by atoms with Gasteiger partial charge in [-0.25, -0.2) is 5.06 Å². The van der Waals surface area contributed by atoms with E-state index in [2.05, 4.69) is 5.32 Å². The van der Waals surface area contributed by atoms with Crippen molar-refractivity contribution in [3.05, 3.63) is 23.8 Å². The maximum absolute atomic E-state index is 11.7. The highest BCUT2D eigenvalue weighted by molar-refractivity contribution is 5.95. The first-order valence-electron chi connectivity index (χ1n) is 5.46. The van der Waals surface area contributed by atoms with Crippen LogP contribution in [0.2, 0.25) is 0 Å². The maximum atomic E-state index is 11.7. The minimum absolute atomic E-state index is 0.0255. The average Bonchev–Trinajstić information content (AvgIpc) is 2.37. The Kier molecular flexibility index (Phi) is 3.47. The van der Waals surface area contributed by atoms with E-state index in [-0.39, 0.29) is 24.8 Å². The molecule has 1 aliphatic heterocycles. The molecule has 0 fully saturated rings. The highest BCUT2D eigenvalue weighted by atomic mass is 16.7. The largest absolute Gasteiger partial charge is 0.482 e. The van der Waals surface area contributed by atoms with Crippen LogP contribution in [0, 0.1) is 0 Å². The van der Waals surface area contributed by atoms with Gasteiger partial charge in [0, 0.05) is 7.05 Å². The number of carbonyl (C=O) groups is 2. The molecule has 6 heteroatoms. The fraction of sp³-hybridized carbons (Fsp3) is 0.333. The first-order valence-corrected chi connectivity index (χ1v) is 5.46. The molecule has 0 aromatic heterocycles. The molecule has 0 spiro atoms. The summed E-state index contributed by atoms with van der Waals surface area (Å²) >= 11 is 0. The first-order chi connectivity index (χ1) is 8.60. The van der Waals surface area contributed by atoms with Crippen molar-refractivity contribution in [2.75, 3.05) is 26.1 Å². The van der Waals surface area contributed by atoms with Gasteiger partial charge >= 0.3 is 0 Å². The number of anilines is 1. The molecule has 1 aromatic rings. The molecule has 0 unspecified atom stereocenters. The molecule has 1 aromatic carbocycles. The third-order valence-electron chi connectivity index (χ3n) is 2.66. The Labute approximate surface area is 104 Å². The molecule has 18 heavy (non-hydrogen) atoms. The van der Waals surface area contributed by atoms with Gasteiger partial charge in [0.1, 0.15) is 5.75 Å². The molecule has 0 atom stereocenters. The molecule has 96 valence electrons. The van der Waals surface area contributed by atoms with E-state index in [1.807, 2.05) is 0 Å². The standard InChI is InChI=1S/C12H14N2O4/c1-14(17-2)12(16)6-8-3-4-10-9(5-8)13-11(15)7-18-10/h3-5H,6-7H2,1-2H3,(H,13,15). The van der Waals surface area contributed by atoms with Crippen LogP contribution in [0.4, 0.5) is 5.69 Å². The molecule has 2 amide bonds. The molecule has 1 heterocycles. The number of fused-ring (bicyclic) bond motifs is 1. The van der Waals surface area contributed by atoms with Gasteiger partial charge in [0.2, 0.25) is 5.91 Å². The van der Waals surface area contributed by atoms with Gasteiger partial charge in [-0.05, 0) is 17.7 Å². The zero-order valence-electron chi connectivity index (χ0n) is 10.2. The molecule has 1 aliphatic rings. The van der Waals surface area contributed by atoms with Crippen LogP contribution >= 0.6 is 0 Å². The van der Waals surface area contributed by atoms with Crippen LogP contribution in [0.1, 0.15) is 5.56 Å². The predicted octanol–water partition coefficient (Wildman–Crippen LogP) is 0.580. The van der Waals surface area contributed by atoms with Gasteiger partial charge in [-0.15, -0.1) is 0 Å². The van der Waals surface area contributed by atoms with E-state index < -0.39 is 0 Å². The SMILES string of the molecule is CON(C)C(=O)Cc1ccc2c(c1)NC(=O)CO2. The third-order valence-corrected chi connectivity index (χ3v) is 2.66. The number of benzene rings is 1. The number of nitrogens with one attached hydrogen (secondary N) is 1. The average molecular weight is 250 g/mol. The van der Waals surface area contributed by atoms with Gasteiger partial charge < -0.3 is 10.1 Å². The van der Waals surface area contributed by atoms with Crippen LogP contribution in [0.15, 0.2) is 18.2 Å². The van der Waals surface area contributed by atoms with Crippen molar-refractivity contribution < 1.29 is 19.2 Å². The van der Waals surface area contributed by atoms with Crippen molar-refractivity contribution in [1.82, 2.24) is 5.06 Å². The van der Waals surface area contributed by atoms with Crippen molar-refractivity contribution in [3.8, 4) is 5.75 Å². The number of hydrogen-bond donors (Lipinski definition) is 1. The fourth-order valence-corrected chi connectivity index (χ4v) is 1.63. The summed E-state index contributed by atoms with van der Waals surface area (Å²) in [6.45, 7) is 0.0255. The van der Waals surface area contributed by atoms with E-state index in [1.54, 1.807) is 25.2 Å². The summed E-state index contributed by atoms with van der Waals surface area (Å²) in [7, 11) is 2.98. The topological polar surface area (TPSA) is 67.9 Å². The van der Waals surface area contributed by atoms with Crippen molar-refractivity contribution in [2.24, 2.45) is 0 Å². The van der Waals surface area contributed by atoms with E-state index in [0.29, 0.717) is 11.4 Å². The minimum atomic E-state index is -0.194. The van der Waals surface area contributed by atoms with E-state index in [9.17, 15) is 9.59 Å². The summed E-state index contributed by atoms with van der Waals surface area (Å²) in [5, 5.41) is 3.86. The second-order valence-corrected chi connectivity index (χ2v) is 3.92. The van der Waals surface area contributed by atoms with Gasteiger partial charge in [-0.3, -0.25) is 14.4 Å². The summed E-state index contributed by atoms with van der Waals surface area (Å²) in [5.41, 5.74) is 1.38. The zero-order chi connectivity index (χ0) is 13.1. The molecule has 2 rings (SSSR count). The van der Waals surface area contributed by atoms with E-state index in [1.165, 1.54) is 7.11 Å². The van der Waals surface area contributed by atoms with Crippen LogP contribution < -0.4 is 10.1 Å². The Morgan fingerprint density at radius 3 is 3.06 bits per heavy atom. The predicted molar refractivity (Wildman–Crippen MR) is 64.0 cm³/mol. The second-order valence-electron chi connectivity index (χ2n) is 3.92. The number of amides is 2. The lowest BCUT2D eigenvalue weighted by molar-refractivity contribution is -0.167. The highest BCUT2D eigenvalue weighted by Crippen LogP contribution is 2.28. The number of hydrogen-bond acceptors (Lipinski definition) is 4. The van der Waals surface area contributed by atoms with Gasteiger partial charge in [-0.1, -0.05) is 6.07 Å². The van der Waals surface area contributed by atoms with Crippen molar-refractivity contribution in [2.45, 2.75) is 6.42 Å². The van der Waals surface area contributed by atoms with Gasteiger partial charge in [0.15, 0.2) is 6.61 Å². The van der Waals surface area contributed by atoms with Crippen molar-refractivity contribution >= 4 is 17.5 Å². The molecule has 0 saturated carbocycles. The Morgan fingerprint density at radius 2 is 2.33 bits per heavy atom. The van der Waals surface area contributed by atoms with Crippen LogP contribution in [0.25, 0.3) is 0 Å². The van der Waals surface area contributed by atoms with E-state index >= 15 is 0 Å². The number of rotatable bonds is 3. The van der Waals surface area contributed by atoms with Crippen molar-refractivity contribution in [3.63, 3.8) is 0 Å². The smallest absolute Gasteiger partial charge is 0.262 e. The van der Waals surface area contributed by atoms with E-state index in [4.69, 9.17) is 9.57 Å². The molecule has 0 bridgehead atoms. The Morgan fingerprint density at radius 1 is 1.56 bits per heavy atom. The summed E-state index contributed by atoms with van der Waals surface area (Å²) in [6.07, 6.45) is 0.202. The Hall–Kier alpha value is -2.08. The highest BCUT2D eigenvalue weighted by Gasteiger charge is 2.17. The Balaban J connectivity index is 2.13. The third kappa shape index (κ3) is 2.60. The molecular weight excluding hydrogens is 236 g/mol. The maximum Gasteiger partial charge on any atom is 0.262 e. The van der Waals surface area contributed by atoms with Crippen LogP contribution in [-0.4, -0.2) is 37.6 Å². The lowest BCUT2D eigenvalue weighted by Gasteiger charge is -2.19. The number of nitrogens with zero attached hydrogens (tertiary/aromatic N) is 1. The molecule has 0 saturated heterocycles. The van der Waals surface area contributed by atoms with Gasteiger partial charge in [-0.2, -0.15) is 0 Å². The quantitative estimate of drug-likeness (QED) is 0.797. The minimum Gasteiger partial charge on any atom is -0.482 e. The lowest BCUT2D eigenvalue weighted by Crippen LogP contribution is -2.27. The van der Waals surface area contributed by atoms with Crippen molar-refractivity contribution in [1.29, 1.82) is 0 Å². The van der Waals surface area contributed by atoms with Gasteiger partial charge in [0.25, 0.3) is 5.91 Å². The van der Waals surface area contributed by atoms with Crippen LogP contribution in [0.3, 0.4) is 0 Å². The number of likely N-dealkylation sites (N-methyl/N-ethyl adjacent to an activating group) is 1. The molecule has 6 nitrogen and oxygen atoms in total. The summed E-state index contributed by atoms with van der Waals surface area (Å²) < 4.78 is 5.23. The van der Waals surface area contributed by atoms with Gasteiger partial charge in [0.05, 0.1) is 19.2 Å². The molecular formula is C12H14N2O4. The summed E-state index contributed by atoms with van der Waals surface area (Å²) in [6, 6.07) is 5.26. The summed E-state index contributed by atoms with van der Waals surface area (Å²) in [4.78, 5) is 27.6. The number of carbonyl (C=O) groups excluding carboxylic acids is 2. The lowest BCUT2D eigenvalue weighted by atomic mass is 10.1. The van der Waals surface area contributed by atoms with Crippen LogP contribution in [-0.2, 0) is 20.8 Å². The monoisotopic (exact) mass is 250 g/mol. The molecule has 1 N–H and O–H groups in total. The first kappa shape index (κ1) is 12.4. The number of ether oxygens (including phenoxy) is 1. The zero-order valence-corrected chi connectivity index (χ0v) is 10.2. The second kappa shape index (κ2) is 5.05. The number of hydroxylamine groups is 2. The fourth-order valence-electron chi connectivity index (χ4n) is 1.63. The molecule has 0 aliphatic carbocycles. The van der Waals surface area contributed by atoms with Crippen LogP contribution in [0.5, 0.6) is 5.75 Å². The summed E-state index contributed by atoms with van der Waals surface area (Å²) in [5.74, 6) is 0.256. The Bertz CT molecular complexity index is 487.